The monoisotopic (exact) mass is 284 g/mol. The van der Waals surface area contributed by atoms with Crippen LogP contribution >= 0.6 is 11.8 Å². The Labute approximate surface area is 109 Å². The van der Waals surface area contributed by atoms with Crippen molar-refractivity contribution >= 4 is 27.5 Å². The zero-order chi connectivity index (χ0) is 13.3. The van der Waals surface area contributed by atoms with Crippen LogP contribution in [0.25, 0.3) is 11.1 Å². The van der Waals surface area contributed by atoms with Crippen LogP contribution in [-0.4, -0.2) is 26.1 Å². The zero-order valence-electron chi connectivity index (χ0n) is 9.88. The van der Waals surface area contributed by atoms with Gasteiger partial charge in [-0.25, -0.2) is 8.42 Å². The number of sulfone groups is 1. The first kappa shape index (κ1) is 13.0. The normalized spacial score (nSPS) is 11.7. The van der Waals surface area contributed by atoms with E-state index in [1.807, 2.05) is 6.26 Å². The molecule has 2 rings (SSSR count). The summed E-state index contributed by atoms with van der Waals surface area (Å²) in [5, 5.41) is 3.60. The molecule has 0 bridgehead atoms. The minimum atomic E-state index is -3.23. The summed E-state index contributed by atoms with van der Waals surface area (Å²) in [5.74, 6) is 0.217. The molecule has 1 aromatic carbocycles. The third-order valence-corrected chi connectivity index (χ3v) is 4.53. The van der Waals surface area contributed by atoms with E-state index in [9.17, 15) is 8.42 Å². The second-order valence-electron chi connectivity index (χ2n) is 3.74. The average molecular weight is 284 g/mol. The molecule has 5 nitrogen and oxygen atoms in total. The molecule has 0 aliphatic heterocycles. The fourth-order valence-corrected chi connectivity index (χ4v) is 3.56. The predicted octanol–water partition coefficient (Wildman–Crippen LogP) is 2.05. The summed E-state index contributed by atoms with van der Waals surface area (Å²) in [6.07, 6.45) is 4.52. The number of anilines is 1. The largest absolute Gasteiger partial charge is 0.367 e. The van der Waals surface area contributed by atoms with Gasteiger partial charge in [-0.15, -0.1) is 11.8 Å². The van der Waals surface area contributed by atoms with Gasteiger partial charge in [0, 0.05) is 11.2 Å². The highest BCUT2D eigenvalue weighted by Crippen LogP contribution is 2.32. The van der Waals surface area contributed by atoms with Crippen molar-refractivity contribution in [3.8, 4) is 11.1 Å². The van der Waals surface area contributed by atoms with Gasteiger partial charge >= 0.3 is 0 Å². The maximum Gasteiger partial charge on any atom is 0.229 e. The Balaban J connectivity index is 2.59. The Bertz CT molecular complexity index is 677. The third kappa shape index (κ3) is 2.37. The highest BCUT2D eigenvalue weighted by molar-refractivity contribution is 7.99. The Kier molecular flexibility index (Phi) is 3.36. The first-order valence-corrected chi connectivity index (χ1v) is 8.13. The summed E-state index contributed by atoms with van der Waals surface area (Å²) in [4.78, 5) is 0.990. The van der Waals surface area contributed by atoms with Crippen LogP contribution < -0.4 is 5.73 Å². The van der Waals surface area contributed by atoms with Crippen LogP contribution in [0.5, 0.6) is 0 Å². The third-order valence-electron chi connectivity index (χ3n) is 2.47. The van der Waals surface area contributed by atoms with E-state index in [0.717, 1.165) is 5.56 Å². The van der Waals surface area contributed by atoms with Gasteiger partial charge in [0.05, 0.1) is 16.7 Å². The second-order valence-corrected chi connectivity index (χ2v) is 6.57. The van der Waals surface area contributed by atoms with E-state index in [0.29, 0.717) is 15.4 Å². The number of nitrogen functional groups attached to an aromatic ring is 1. The molecular weight excluding hydrogens is 272 g/mol. The smallest absolute Gasteiger partial charge is 0.229 e. The van der Waals surface area contributed by atoms with Crippen LogP contribution in [0, 0.1) is 0 Å². The lowest BCUT2D eigenvalue weighted by Crippen LogP contribution is -1.99. The first-order valence-electron chi connectivity index (χ1n) is 5.02. The molecule has 0 radical (unpaired) electrons. The van der Waals surface area contributed by atoms with Crippen LogP contribution in [0.3, 0.4) is 0 Å². The topological polar surface area (TPSA) is 86.2 Å². The molecule has 0 spiro atoms. The van der Waals surface area contributed by atoms with E-state index in [-0.39, 0.29) is 5.88 Å². The van der Waals surface area contributed by atoms with Crippen LogP contribution in [0.1, 0.15) is 0 Å². The first-order chi connectivity index (χ1) is 8.43. The molecule has 0 aliphatic rings. The van der Waals surface area contributed by atoms with E-state index < -0.39 is 9.84 Å². The number of hydrogen-bond donors (Lipinski definition) is 1. The standard InChI is InChI=1S/C11H12N2O3S2/c1-17-9-5-7(8-6-13-16-11(8)12)3-4-10(9)18(2,14)15/h3-6H,12H2,1-2H3. The molecule has 0 atom stereocenters. The van der Waals surface area contributed by atoms with E-state index in [2.05, 4.69) is 5.16 Å². The lowest BCUT2D eigenvalue weighted by Gasteiger charge is -2.07. The fraction of sp³-hybridized carbons (Fsp3) is 0.182. The number of hydrogen-bond acceptors (Lipinski definition) is 6. The zero-order valence-corrected chi connectivity index (χ0v) is 11.5. The van der Waals surface area contributed by atoms with E-state index in [1.165, 1.54) is 24.2 Å². The number of thioether (sulfide) groups is 1. The summed E-state index contributed by atoms with van der Waals surface area (Å²) < 4.78 is 28.0. The second kappa shape index (κ2) is 4.66. The summed E-state index contributed by atoms with van der Waals surface area (Å²) in [6, 6.07) is 5.03. The van der Waals surface area contributed by atoms with E-state index in [1.54, 1.807) is 18.2 Å². The van der Waals surface area contributed by atoms with Gasteiger partial charge < -0.3 is 10.3 Å². The summed E-state index contributed by atoms with van der Waals surface area (Å²) in [5.41, 5.74) is 7.07. The minimum Gasteiger partial charge on any atom is -0.367 e. The fourth-order valence-electron chi connectivity index (χ4n) is 1.61. The van der Waals surface area contributed by atoms with Gasteiger partial charge in [-0.2, -0.15) is 0 Å². The molecule has 1 aromatic heterocycles. The van der Waals surface area contributed by atoms with Gasteiger partial charge in [0.1, 0.15) is 0 Å². The van der Waals surface area contributed by atoms with Crippen molar-refractivity contribution in [3.05, 3.63) is 24.4 Å². The Morgan fingerprint density at radius 2 is 2.11 bits per heavy atom. The number of benzene rings is 1. The van der Waals surface area contributed by atoms with Gasteiger partial charge in [-0.1, -0.05) is 11.2 Å². The quantitative estimate of drug-likeness (QED) is 0.868. The maximum atomic E-state index is 11.6. The van der Waals surface area contributed by atoms with Gasteiger partial charge in [0.2, 0.25) is 5.88 Å². The Morgan fingerprint density at radius 3 is 2.61 bits per heavy atom. The lowest BCUT2D eigenvalue weighted by atomic mass is 10.1. The van der Waals surface area contributed by atoms with Crippen molar-refractivity contribution in [1.29, 1.82) is 0 Å². The van der Waals surface area contributed by atoms with Crippen molar-refractivity contribution in [2.45, 2.75) is 9.79 Å². The molecule has 2 N–H and O–H groups in total. The molecule has 7 heteroatoms. The molecule has 0 amide bonds. The predicted molar refractivity (Wildman–Crippen MR) is 71.2 cm³/mol. The molecule has 0 fully saturated rings. The SMILES string of the molecule is CSc1cc(-c2cnoc2N)ccc1S(C)(=O)=O. The van der Waals surface area contributed by atoms with Crippen molar-refractivity contribution < 1.29 is 12.9 Å². The number of nitrogens with two attached hydrogens (primary N) is 1. The van der Waals surface area contributed by atoms with Crippen LogP contribution in [0.2, 0.25) is 0 Å². The molecule has 0 unspecified atom stereocenters. The molecule has 0 saturated heterocycles. The van der Waals surface area contributed by atoms with Gasteiger partial charge in [-0.3, -0.25) is 0 Å². The van der Waals surface area contributed by atoms with Crippen LogP contribution in [0.15, 0.2) is 38.7 Å². The van der Waals surface area contributed by atoms with Crippen molar-refractivity contribution in [2.24, 2.45) is 0 Å². The minimum absolute atomic E-state index is 0.217. The number of aromatic nitrogens is 1. The van der Waals surface area contributed by atoms with Crippen molar-refractivity contribution in [2.75, 3.05) is 18.2 Å². The van der Waals surface area contributed by atoms with Crippen molar-refractivity contribution in [3.63, 3.8) is 0 Å². The molecule has 96 valence electrons. The molecule has 2 aromatic rings. The van der Waals surface area contributed by atoms with E-state index in [4.69, 9.17) is 10.3 Å². The Morgan fingerprint density at radius 1 is 1.39 bits per heavy atom. The van der Waals surface area contributed by atoms with Crippen LogP contribution in [0.4, 0.5) is 5.88 Å². The molecular formula is C11H12N2O3S2. The van der Waals surface area contributed by atoms with E-state index >= 15 is 0 Å². The number of nitrogens with zero attached hydrogens (tertiary/aromatic N) is 1. The number of rotatable bonds is 3. The highest BCUT2D eigenvalue weighted by atomic mass is 32.2. The van der Waals surface area contributed by atoms with Crippen LogP contribution in [-0.2, 0) is 9.84 Å². The average Bonchev–Trinajstić information content (AvgIpc) is 2.73. The highest BCUT2D eigenvalue weighted by Gasteiger charge is 2.15. The summed E-state index contributed by atoms with van der Waals surface area (Å²) in [6.45, 7) is 0. The molecule has 0 saturated carbocycles. The molecule has 18 heavy (non-hydrogen) atoms. The van der Waals surface area contributed by atoms with Gasteiger partial charge in [0.25, 0.3) is 0 Å². The Hall–Kier alpha value is -1.47. The summed E-state index contributed by atoms with van der Waals surface area (Å²) in [7, 11) is -3.23. The lowest BCUT2D eigenvalue weighted by molar-refractivity contribution is 0.436. The maximum absolute atomic E-state index is 11.6. The van der Waals surface area contributed by atoms with Gasteiger partial charge in [0.15, 0.2) is 9.84 Å². The summed E-state index contributed by atoms with van der Waals surface area (Å²) >= 11 is 1.37. The van der Waals surface area contributed by atoms with Gasteiger partial charge in [-0.05, 0) is 24.0 Å². The molecule has 1 heterocycles. The van der Waals surface area contributed by atoms with Crippen molar-refractivity contribution in [1.82, 2.24) is 5.16 Å². The molecule has 0 aliphatic carbocycles.